The van der Waals surface area contributed by atoms with Crippen molar-refractivity contribution in [2.24, 2.45) is 0 Å². The van der Waals surface area contributed by atoms with Gasteiger partial charge in [0, 0.05) is 31.7 Å². The number of nitrogens with one attached hydrogen (secondary N) is 1. The molecular formula is C10H20N2O. The highest BCUT2D eigenvalue weighted by Crippen LogP contribution is 2.18. The van der Waals surface area contributed by atoms with Gasteiger partial charge in [0.15, 0.2) is 0 Å². The molecule has 2 heterocycles. The lowest BCUT2D eigenvalue weighted by Gasteiger charge is -2.44. The minimum absolute atomic E-state index is 0.638. The summed E-state index contributed by atoms with van der Waals surface area (Å²) in [6.07, 6.45) is 2.56. The summed E-state index contributed by atoms with van der Waals surface area (Å²) in [5, 5.41) is 3.42. The van der Waals surface area contributed by atoms with E-state index in [1.807, 2.05) is 0 Å². The monoisotopic (exact) mass is 184 g/mol. The first-order valence-electron chi connectivity index (χ1n) is 5.46. The van der Waals surface area contributed by atoms with Crippen LogP contribution in [0.1, 0.15) is 19.8 Å². The van der Waals surface area contributed by atoms with Gasteiger partial charge in [0.25, 0.3) is 0 Å². The summed E-state index contributed by atoms with van der Waals surface area (Å²) in [5.41, 5.74) is 0. The van der Waals surface area contributed by atoms with Crippen LogP contribution in [0.3, 0.4) is 0 Å². The molecule has 0 spiro atoms. The number of piperazine rings is 1. The summed E-state index contributed by atoms with van der Waals surface area (Å²) < 4.78 is 5.62. The van der Waals surface area contributed by atoms with Crippen molar-refractivity contribution in [1.82, 2.24) is 10.2 Å². The fourth-order valence-corrected chi connectivity index (χ4v) is 2.43. The Hall–Kier alpha value is -0.120. The highest BCUT2D eigenvalue weighted by Gasteiger charge is 2.31. The van der Waals surface area contributed by atoms with E-state index in [4.69, 9.17) is 4.74 Å². The Morgan fingerprint density at radius 2 is 2.38 bits per heavy atom. The molecule has 0 aliphatic carbocycles. The van der Waals surface area contributed by atoms with Gasteiger partial charge in [-0.2, -0.15) is 0 Å². The van der Waals surface area contributed by atoms with Crippen LogP contribution in [0.4, 0.5) is 0 Å². The van der Waals surface area contributed by atoms with Crippen molar-refractivity contribution in [2.75, 3.05) is 32.8 Å². The SMILES string of the molecule is CCC[C@H]1COC[C@H]2CNCCN21. The van der Waals surface area contributed by atoms with Crippen LogP contribution in [0, 0.1) is 0 Å². The Bertz CT molecular complexity index is 159. The number of nitrogens with zero attached hydrogens (tertiary/aromatic N) is 1. The van der Waals surface area contributed by atoms with E-state index >= 15 is 0 Å². The summed E-state index contributed by atoms with van der Waals surface area (Å²) >= 11 is 0. The quantitative estimate of drug-likeness (QED) is 0.675. The molecule has 0 bridgehead atoms. The van der Waals surface area contributed by atoms with Crippen molar-refractivity contribution in [2.45, 2.75) is 31.8 Å². The van der Waals surface area contributed by atoms with E-state index in [9.17, 15) is 0 Å². The molecule has 2 aliphatic rings. The van der Waals surface area contributed by atoms with Gasteiger partial charge >= 0.3 is 0 Å². The van der Waals surface area contributed by atoms with Gasteiger partial charge in [-0.05, 0) is 6.42 Å². The minimum atomic E-state index is 0.638. The summed E-state index contributed by atoms with van der Waals surface area (Å²) in [6, 6.07) is 1.32. The molecule has 3 nitrogen and oxygen atoms in total. The van der Waals surface area contributed by atoms with Crippen LogP contribution in [0.25, 0.3) is 0 Å². The van der Waals surface area contributed by atoms with Crippen LogP contribution in [0.2, 0.25) is 0 Å². The van der Waals surface area contributed by atoms with Crippen molar-refractivity contribution < 1.29 is 4.74 Å². The molecule has 0 saturated carbocycles. The molecule has 2 saturated heterocycles. The maximum atomic E-state index is 5.62. The Morgan fingerprint density at radius 3 is 3.23 bits per heavy atom. The van der Waals surface area contributed by atoms with Gasteiger partial charge in [-0.25, -0.2) is 0 Å². The Labute approximate surface area is 80.4 Å². The third-order valence-corrected chi connectivity index (χ3v) is 3.11. The fourth-order valence-electron chi connectivity index (χ4n) is 2.43. The predicted octanol–water partition coefficient (Wildman–Crippen LogP) is 0.459. The zero-order valence-corrected chi connectivity index (χ0v) is 8.46. The van der Waals surface area contributed by atoms with Crippen LogP contribution in [0.15, 0.2) is 0 Å². The molecule has 2 fully saturated rings. The van der Waals surface area contributed by atoms with Gasteiger partial charge < -0.3 is 10.1 Å². The van der Waals surface area contributed by atoms with E-state index < -0.39 is 0 Å². The molecule has 2 aliphatic heterocycles. The van der Waals surface area contributed by atoms with Crippen LogP contribution in [0.5, 0.6) is 0 Å². The van der Waals surface area contributed by atoms with Crippen molar-refractivity contribution in [1.29, 1.82) is 0 Å². The lowest BCUT2D eigenvalue weighted by molar-refractivity contribution is -0.0602. The number of morpholine rings is 1. The van der Waals surface area contributed by atoms with Gasteiger partial charge in [-0.1, -0.05) is 13.3 Å². The van der Waals surface area contributed by atoms with E-state index in [0.717, 1.165) is 26.3 Å². The number of rotatable bonds is 2. The van der Waals surface area contributed by atoms with Crippen molar-refractivity contribution in [3.05, 3.63) is 0 Å². The second-order valence-electron chi connectivity index (χ2n) is 4.08. The molecule has 0 unspecified atom stereocenters. The van der Waals surface area contributed by atoms with Gasteiger partial charge in [-0.15, -0.1) is 0 Å². The number of ether oxygens (including phenoxy) is 1. The summed E-state index contributed by atoms with van der Waals surface area (Å²) in [4.78, 5) is 2.64. The smallest absolute Gasteiger partial charge is 0.0635 e. The molecule has 76 valence electrons. The zero-order chi connectivity index (χ0) is 9.10. The molecule has 0 radical (unpaired) electrons. The molecule has 0 amide bonds. The lowest BCUT2D eigenvalue weighted by atomic mass is 10.0. The van der Waals surface area contributed by atoms with E-state index in [2.05, 4.69) is 17.1 Å². The topological polar surface area (TPSA) is 24.5 Å². The molecule has 0 aromatic carbocycles. The average molecular weight is 184 g/mol. The number of hydrogen-bond donors (Lipinski definition) is 1. The van der Waals surface area contributed by atoms with Crippen molar-refractivity contribution in [3.8, 4) is 0 Å². The third kappa shape index (κ3) is 2.03. The molecule has 13 heavy (non-hydrogen) atoms. The fraction of sp³-hybridized carbons (Fsp3) is 1.00. The van der Waals surface area contributed by atoms with E-state index in [-0.39, 0.29) is 0 Å². The Balaban J connectivity index is 1.94. The molecule has 1 N–H and O–H groups in total. The van der Waals surface area contributed by atoms with E-state index in [1.54, 1.807) is 0 Å². The van der Waals surface area contributed by atoms with Crippen LogP contribution in [-0.2, 0) is 4.74 Å². The molecular weight excluding hydrogens is 164 g/mol. The lowest BCUT2D eigenvalue weighted by Crippen LogP contribution is -2.60. The maximum absolute atomic E-state index is 5.62. The standard InChI is InChI=1S/C10H20N2O/c1-2-3-9-7-13-8-10-6-11-4-5-12(9)10/h9-11H,2-8H2,1H3/t9-,10+/m0/s1. The number of fused-ring (bicyclic) bond motifs is 1. The molecule has 2 atom stereocenters. The normalized spacial score (nSPS) is 35.8. The predicted molar refractivity (Wildman–Crippen MR) is 52.9 cm³/mol. The first kappa shape index (κ1) is 9.44. The second-order valence-corrected chi connectivity index (χ2v) is 4.08. The van der Waals surface area contributed by atoms with Gasteiger partial charge in [0.1, 0.15) is 0 Å². The van der Waals surface area contributed by atoms with Crippen molar-refractivity contribution in [3.63, 3.8) is 0 Å². The minimum Gasteiger partial charge on any atom is -0.378 e. The van der Waals surface area contributed by atoms with Gasteiger partial charge in [0.05, 0.1) is 13.2 Å². The Morgan fingerprint density at radius 1 is 1.46 bits per heavy atom. The molecule has 0 aromatic rings. The molecule has 2 rings (SSSR count). The largest absolute Gasteiger partial charge is 0.378 e. The van der Waals surface area contributed by atoms with Gasteiger partial charge in [0.2, 0.25) is 0 Å². The molecule has 3 heteroatoms. The Kier molecular flexibility index (Phi) is 3.19. The summed E-state index contributed by atoms with van der Waals surface area (Å²) in [7, 11) is 0. The highest BCUT2D eigenvalue weighted by atomic mass is 16.5. The van der Waals surface area contributed by atoms with Crippen LogP contribution < -0.4 is 5.32 Å². The highest BCUT2D eigenvalue weighted by molar-refractivity contribution is 4.87. The number of hydrogen-bond acceptors (Lipinski definition) is 3. The molecule has 0 aromatic heterocycles. The average Bonchev–Trinajstić information content (AvgIpc) is 2.19. The third-order valence-electron chi connectivity index (χ3n) is 3.11. The van der Waals surface area contributed by atoms with Gasteiger partial charge in [-0.3, -0.25) is 4.90 Å². The zero-order valence-electron chi connectivity index (χ0n) is 8.46. The first-order chi connectivity index (χ1) is 6.42. The summed E-state index contributed by atoms with van der Waals surface area (Å²) in [5.74, 6) is 0. The summed E-state index contributed by atoms with van der Waals surface area (Å²) in [6.45, 7) is 7.60. The van der Waals surface area contributed by atoms with E-state index in [0.29, 0.717) is 12.1 Å². The van der Waals surface area contributed by atoms with Crippen LogP contribution >= 0.6 is 0 Å². The van der Waals surface area contributed by atoms with Crippen LogP contribution in [-0.4, -0.2) is 49.8 Å². The van der Waals surface area contributed by atoms with Crippen molar-refractivity contribution >= 4 is 0 Å². The van der Waals surface area contributed by atoms with E-state index in [1.165, 1.54) is 19.4 Å². The second kappa shape index (κ2) is 4.40. The maximum Gasteiger partial charge on any atom is 0.0635 e. The first-order valence-corrected chi connectivity index (χ1v) is 5.46.